The van der Waals surface area contributed by atoms with Crippen LogP contribution in [-0.2, 0) is 0 Å². The van der Waals surface area contributed by atoms with E-state index < -0.39 is 0 Å². The lowest BCUT2D eigenvalue weighted by Crippen LogP contribution is -2.05. The molecule has 14 heavy (non-hydrogen) atoms. The molecule has 0 spiro atoms. The highest BCUT2D eigenvalue weighted by Crippen LogP contribution is 2.25. The monoisotopic (exact) mass is 207 g/mol. The molecule has 0 aliphatic rings. The average Bonchev–Trinajstić information content (AvgIpc) is 2.19. The second-order valence-corrected chi connectivity index (χ2v) is 4.82. The number of aromatic nitrogens is 2. The molecule has 1 rings (SSSR count). The summed E-state index contributed by atoms with van der Waals surface area (Å²) in [5.74, 6) is 0.609. The first kappa shape index (κ1) is 11.0. The summed E-state index contributed by atoms with van der Waals surface area (Å²) < 4.78 is 0. The Bertz CT molecular complexity index is 326. The molecule has 0 saturated carbocycles. The van der Waals surface area contributed by atoms with Crippen molar-refractivity contribution in [1.29, 1.82) is 5.26 Å². The van der Waals surface area contributed by atoms with E-state index in [0.717, 1.165) is 5.03 Å². The maximum absolute atomic E-state index is 8.54. The second kappa shape index (κ2) is 4.97. The van der Waals surface area contributed by atoms with Crippen molar-refractivity contribution in [3.8, 4) is 6.07 Å². The first-order valence-electron chi connectivity index (χ1n) is 4.52. The molecule has 1 heterocycles. The van der Waals surface area contributed by atoms with Crippen LogP contribution in [0, 0.1) is 17.2 Å². The summed E-state index contributed by atoms with van der Waals surface area (Å²) in [5.41, 5.74) is 0.367. The van der Waals surface area contributed by atoms with Crippen LogP contribution in [0.5, 0.6) is 0 Å². The van der Waals surface area contributed by atoms with Gasteiger partial charge in [-0.15, -0.1) is 11.8 Å². The number of hydrogen-bond acceptors (Lipinski definition) is 4. The normalized spacial score (nSPS) is 12.5. The molecule has 0 bridgehead atoms. The number of hydrogen-bond donors (Lipinski definition) is 0. The van der Waals surface area contributed by atoms with Gasteiger partial charge in [-0.2, -0.15) is 5.26 Å². The lowest BCUT2D eigenvalue weighted by atomic mass is 10.2. The molecule has 0 saturated heterocycles. The van der Waals surface area contributed by atoms with E-state index in [2.05, 4.69) is 30.7 Å². The van der Waals surface area contributed by atoms with Crippen LogP contribution in [0.3, 0.4) is 0 Å². The topological polar surface area (TPSA) is 49.6 Å². The fraction of sp³-hybridized carbons (Fsp3) is 0.500. The van der Waals surface area contributed by atoms with Crippen LogP contribution >= 0.6 is 11.8 Å². The van der Waals surface area contributed by atoms with E-state index >= 15 is 0 Å². The van der Waals surface area contributed by atoms with Crippen molar-refractivity contribution in [1.82, 2.24) is 9.97 Å². The minimum atomic E-state index is 0.367. The van der Waals surface area contributed by atoms with Gasteiger partial charge in [0.05, 0.1) is 12.4 Å². The molecular weight excluding hydrogens is 194 g/mol. The summed E-state index contributed by atoms with van der Waals surface area (Å²) in [7, 11) is 0. The Labute approximate surface area is 88.6 Å². The van der Waals surface area contributed by atoms with Gasteiger partial charge in [0.25, 0.3) is 0 Å². The number of nitrogens with zero attached hydrogens (tertiary/aromatic N) is 3. The Morgan fingerprint density at radius 2 is 2.00 bits per heavy atom. The molecule has 1 unspecified atom stereocenters. The van der Waals surface area contributed by atoms with Crippen LogP contribution < -0.4 is 0 Å². The van der Waals surface area contributed by atoms with Gasteiger partial charge in [0, 0.05) is 5.25 Å². The Morgan fingerprint density at radius 1 is 1.29 bits per heavy atom. The first-order chi connectivity index (χ1) is 6.63. The van der Waals surface area contributed by atoms with Crippen LogP contribution in [0.15, 0.2) is 17.4 Å². The fourth-order valence-corrected chi connectivity index (χ4v) is 1.64. The molecule has 0 aromatic carbocycles. The SMILES string of the molecule is CC(C)C(C)Sc1cnc(C#N)cn1. The molecule has 1 aromatic heterocycles. The Balaban J connectivity index is 2.65. The summed E-state index contributed by atoms with van der Waals surface area (Å²) in [6.45, 7) is 6.51. The maximum Gasteiger partial charge on any atom is 0.158 e. The van der Waals surface area contributed by atoms with Crippen molar-refractivity contribution in [2.75, 3.05) is 0 Å². The van der Waals surface area contributed by atoms with Crippen LogP contribution in [0.1, 0.15) is 26.5 Å². The highest BCUT2D eigenvalue weighted by Gasteiger charge is 2.09. The molecule has 3 nitrogen and oxygen atoms in total. The molecule has 74 valence electrons. The van der Waals surface area contributed by atoms with Gasteiger partial charge in [-0.05, 0) is 5.92 Å². The van der Waals surface area contributed by atoms with Crippen molar-refractivity contribution in [2.45, 2.75) is 31.0 Å². The predicted octanol–water partition coefficient (Wildman–Crippen LogP) is 2.48. The summed E-state index contributed by atoms with van der Waals surface area (Å²) in [6, 6.07) is 1.95. The highest BCUT2D eigenvalue weighted by molar-refractivity contribution is 7.99. The van der Waals surface area contributed by atoms with Gasteiger partial charge in [-0.25, -0.2) is 9.97 Å². The molecule has 1 aromatic rings. The maximum atomic E-state index is 8.54. The van der Waals surface area contributed by atoms with Gasteiger partial charge in [0.1, 0.15) is 11.1 Å². The first-order valence-corrected chi connectivity index (χ1v) is 5.40. The fourth-order valence-electron chi connectivity index (χ4n) is 0.761. The second-order valence-electron chi connectivity index (χ2n) is 3.42. The van der Waals surface area contributed by atoms with Crippen molar-refractivity contribution in [3.05, 3.63) is 18.1 Å². The molecule has 1 atom stereocenters. The Kier molecular flexibility index (Phi) is 3.90. The van der Waals surface area contributed by atoms with E-state index in [1.165, 1.54) is 6.20 Å². The lowest BCUT2D eigenvalue weighted by Gasteiger charge is -2.13. The van der Waals surface area contributed by atoms with Crippen LogP contribution in [0.4, 0.5) is 0 Å². The minimum absolute atomic E-state index is 0.367. The van der Waals surface area contributed by atoms with E-state index in [4.69, 9.17) is 5.26 Å². The standard InChI is InChI=1S/C10H13N3S/c1-7(2)8(3)14-10-6-12-9(4-11)5-13-10/h5-8H,1-3H3. The molecule has 4 heteroatoms. The van der Waals surface area contributed by atoms with Gasteiger partial charge in [-0.3, -0.25) is 0 Å². The quantitative estimate of drug-likeness (QED) is 0.714. The molecule has 0 fully saturated rings. The van der Waals surface area contributed by atoms with Gasteiger partial charge in [0.2, 0.25) is 0 Å². The van der Waals surface area contributed by atoms with Crippen molar-refractivity contribution in [3.63, 3.8) is 0 Å². The third-order valence-corrected chi connectivity index (χ3v) is 3.36. The Morgan fingerprint density at radius 3 is 2.43 bits per heavy atom. The van der Waals surface area contributed by atoms with E-state index in [9.17, 15) is 0 Å². The molecular formula is C10H13N3S. The zero-order valence-corrected chi connectivity index (χ0v) is 9.38. The van der Waals surface area contributed by atoms with E-state index in [1.807, 2.05) is 6.07 Å². The number of rotatable bonds is 3. The van der Waals surface area contributed by atoms with Crippen molar-refractivity contribution in [2.24, 2.45) is 5.92 Å². The van der Waals surface area contributed by atoms with Gasteiger partial charge in [0.15, 0.2) is 5.69 Å². The Hall–Kier alpha value is -1.08. The zero-order valence-electron chi connectivity index (χ0n) is 8.56. The van der Waals surface area contributed by atoms with Gasteiger partial charge < -0.3 is 0 Å². The van der Waals surface area contributed by atoms with Gasteiger partial charge in [-0.1, -0.05) is 20.8 Å². The molecule has 0 aliphatic heterocycles. The number of nitriles is 1. The summed E-state index contributed by atoms with van der Waals surface area (Å²) >= 11 is 1.69. The molecule has 0 amide bonds. The largest absolute Gasteiger partial charge is 0.245 e. The lowest BCUT2D eigenvalue weighted by molar-refractivity contribution is 0.641. The molecule has 0 radical (unpaired) electrons. The van der Waals surface area contributed by atoms with E-state index in [1.54, 1.807) is 18.0 Å². The summed E-state index contributed by atoms with van der Waals surface area (Å²) in [6.07, 6.45) is 3.16. The average molecular weight is 207 g/mol. The summed E-state index contributed by atoms with van der Waals surface area (Å²) in [5, 5.41) is 9.93. The molecule has 0 aliphatic carbocycles. The van der Waals surface area contributed by atoms with E-state index in [-0.39, 0.29) is 0 Å². The zero-order chi connectivity index (χ0) is 10.6. The predicted molar refractivity (Wildman–Crippen MR) is 56.9 cm³/mol. The molecule has 0 N–H and O–H groups in total. The van der Waals surface area contributed by atoms with Crippen LogP contribution in [0.2, 0.25) is 0 Å². The van der Waals surface area contributed by atoms with E-state index in [0.29, 0.717) is 16.9 Å². The van der Waals surface area contributed by atoms with Crippen LogP contribution in [-0.4, -0.2) is 15.2 Å². The third-order valence-electron chi connectivity index (χ3n) is 1.99. The number of thioether (sulfide) groups is 1. The van der Waals surface area contributed by atoms with Crippen molar-refractivity contribution < 1.29 is 0 Å². The summed E-state index contributed by atoms with van der Waals surface area (Å²) in [4.78, 5) is 8.11. The minimum Gasteiger partial charge on any atom is -0.245 e. The highest BCUT2D eigenvalue weighted by atomic mass is 32.2. The smallest absolute Gasteiger partial charge is 0.158 e. The van der Waals surface area contributed by atoms with Crippen LogP contribution in [0.25, 0.3) is 0 Å². The third kappa shape index (κ3) is 3.00. The van der Waals surface area contributed by atoms with Gasteiger partial charge >= 0.3 is 0 Å². The van der Waals surface area contributed by atoms with Crippen molar-refractivity contribution >= 4 is 11.8 Å².